The van der Waals surface area contributed by atoms with Crippen LogP contribution in [0.15, 0.2) is 18.2 Å². The normalized spacial score (nSPS) is 12.5. The maximum atomic E-state index is 9.93. The molecule has 0 aliphatic rings. The lowest BCUT2D eigenvalue weighted by Crippen LogP contribution is -2.00. The van der Waals surface area contributed by atoms with Gasteiger partial charge < -0.3 is 9.84 Å². The van der Waals surface area contributed by atoms with Gasteiger partial charge in [-0.2, -0.15) is 0 Å². The quantitative estimate of drug-likeness (QED) is 0.835. The molecule has 1 aromatic carbocycles. The third kappa shape index (κ3) is 3.40. The third-order valence-corrected chi connectivity index (χ3v) is 2.62. The Morgan fingerprint density at radius 1 is 1.47 bits per heavy atom. The van der Waals surface area contributed by atoms with E-state index < -0.39 is 6.10 Å². The van der Waals surface area contributed by atoms with E-state index in [-0.39, 0.29) is 0 Å². The number of ether oxygens (including phenoxy) is 1. The number of aliphatic hydroxyl groups is 1. The molecule has 0 radical (unpaired) electrons. The standard InChI is InChI=1S/C12H17ClO2/c1-3-4-5-11(14)10-7-6-9(13)8-12(10)15-2/h6-8,11,14H,3-5H2,1-2H3. The Labute approximate surface area is 95.8 Å². The maximum absolute atomic E-state index is 9.93. The molecule has 15 heavy (non-hydrogen) atoms. The zero-order valence-electron chi connectivity index (χ0n) is 9.16. The van der Waals surface area contributed by atoms with Crippen LogP contribution in [-0.4, -0.2) is 12.2 Å². The number of hydrogen-bond donors (Lipinski definition) is 1. The fourth-order valence-electron chi connectivity index (χ4n) is 1.51. The number of hydrogen-bond acceptors (Lipinski definition) is 2. The van der Waals surface area contributed by atoms with Crippen molar-refractivity contribution in [1.29, 1.82) is 0 Å². The first-order valence-corrected chi connectivity index (χ1v) is 5.58. The highest BCUT2D eigenvalue weighted by molar-refractivity contribution is 6.30. The minimum Gasteiger partial charge on any atom is -0.496 e. The lowest BCUT2D eigenvalue weighted by Gasteiger charge is -2.14. The Morgan fingerprint density at radius 2 is 2.20 bits per heavy atom. The Hall–Kier alpha value is -0.730. The van der Waals surface area contributed by atoms with Gasteiger partial charge in [0.05, 0.1) is 13.2 Å². The summed E-state index contributed by atoms with van der Waals surface area (Å²) in [5.41, 5.74) is 0.815. The SMILES string of the molecule is CCCCC(O)c1ccc(Cl)cc1OC. The van der Waals surface area contributed by atoms with Crippen LogP contribution < -0.4 is 4.74 Å². The van der Waals surface area contributed by atoms with Crippen molar-refractivity contribution in [2.45, 2.75) is 32.3 Å². The van der Waals surface area contributed by atoms with E-state index in [1.54, 1.807) is 19.2 Å². The molecule has 3 heteroatoms. The van der Waals surface area contributed by atoms with Gasteiger partial charge in [-0.25, -0.2) is 0 Å². The molecular weight excluding hydrogens is 212 g/mol. The van der Waals surface area contributed by atoms with Crippen LogP contribution in [0, 0.1) is 0 Å². The first-order valence-electron chi connectivity index (χ1n) is 5.20. The smallest absolute Gasteiger partial charge is 0.126 e. The van der Waals surface area contributed by atoms with E-state index in [1.807, 2.05) is 6.07 Å². The Bertz CT molecular complexity index is 312. The molecule has 1 unspecified atom stereocenters. The van der Waals surface area contributed by atoms with Crippen molar-refractivity contribution < 1.29 is 9.84 Å². The van der Waals surface area contributed by atoms with Crippen molar-refractivity contribution >= 4 is 11.6 Å². The summed E-state index contributed by atoms with van der Waals surface area (Å²) < 4.78 is 5.18. The predicted molar refractivity (Wildman–Crippen MR) is 62.5 cm³/mol. The van der Waals surface area contributed by atoms with E-state index in [9.17, 15) is 5.11 Å². The number of methoxy groups -OCH3 is 1. The number of benzene rings is 1. The molecule has 0 spiro atoms. The highest BCUT2D eigenvalue weighted by Gasteiger charge is 2.12. The van der Waals surface area contributed by atoms with Gasteiger partial charge in [-0.3, -0.25) is 0 Å². The van der Waals surface area contributed by atoms with E-state index in [4.69, 9.17) is 16.3 Å². The average molecular weight is 229 g/mol. The van der Waals surface area contributed by atoms with Gasteiger partial charge in [0.2, 0.25) is 0 Å². The van der Waals surface area contributed by atoms with Crippen LogP contribution in [0.4, 0.5) is 0 Å². The van der Waals surface area contributed by atoms with Crippen molar-refractivity contribution in [3.05, 3.63) is 28.8 Å². The van der Waals surface area contributed by atoms with Crippen molar-refractivity contribution in [2.75, 3.05) is 7.11 Å². The van der Waals surface area contributed by atoms with Gasteiger partial charge in [-0.15, -0.1) is 0 Å². The number of halogens is 1. The van der Waals surface area contributed by atoms with Gasteiger partial charge in [-0.1, -0.05) is 37.4 Å². The minimum atomic E-state index is -0.461. The summed E-state index contributed by atoms with van der Waals surface area (Å²) in [6.45, 7) is 2.10. The highest BCUT2D eigenvalue weighted by atomic mass is 35.5. The topological polar surface area (TPSA) is 29.5 Å². The fourth-order valence-corrected chi connectivity index (χ4v) is 1.68. The molecular formula is C12H17ClO2. The van der Waals surface area contributed by atoms with Crippen LogP contribution in [0.3, 0.4) is 0 Å². The van der Waals surface area contributed by atoms with Crippen molar-refractivity contribution in [2.24, 2.45) is 0 Å². The van der Waals surface area contributed by atoms with Gasteiger partial charge in [-0.05, 0) is 18.6 Å². The lowest BCUT2D eigenvalue weighted by molar-refractivity contribution is 0.160. The van der Waals surface area contributed by atoms with E-state index >= 15 is 0 Å². The molecule has 0 heterocycles. The molecule has 84 valence electrons. The molecule has 0 aromatic heterocycles. The van der Waals surface area contributed by atoms with E-state index in [0.29, 0.717) is 10.8 Å². The molecule has 1 atom stereocenters. The van der Waals surface area contributed by atoms with Gasteiger partial charge in [0.25, 0.3) is 0 Å². The molecule has 0 aliphatic heterocycles. The van der Waals surface area contributed by atoms with E-state index in [0.717, 1.165) is 24.8 Å². The van der Waals surface area contributed by atoms with Gasteiger partial charge in [0.1, 0.15) is 5.75 Å². The maximum Gasteiger partial charge on any atom is 0.126 e. The van der Waals surface area contributed by atoms with Crippen LogP contribution in [-0.2, 0) is 0 Å². The molecule has 2 nitrogen and oxygen atoms in total. The lowest BCUT2D eigenvalue weighted by atomic mass is 10.0. The first kappa shape index (κ1) is 12.3. The molecule has 1 aromatic rings. The van der Waals surface area contributed by atoms with Crippen LogP contribution in [0.5, 0.6) is 5.75 Å². The van der Waals surface area contributed by atoms with Gasteiger partial charge >= 0.3 is 0 Å². The summed E-state index contributed by atoms with van der Waals surface area (Å²) in [5.74, 6) is 0.658. The predicted octanol–water partition coefficient (Wildman–Crippen LogP) is 3.57. The second-order valence-electron chi connectivity index (χ2n) is 3.54. The average Bonchev–Trinajstić information content (AvgIpc) is 2.25. The summed E-state index contributed by atoms with van der Waals surface area (Å²) in [4.78, 5) is 0. The molecule has 0 aliphatic carbocycles. The second-order valence-corrected chi connectivity index (χ2v) is 3.98. The van der Waals surface area contributed by atoms with Gasteiger partial charge in [0, 0.05) is 10.6 Å². The summed E-state index contributed by atoms with van der Waals surface area (Å²) in [5, 5.41) is 10.6. The number of rotatable bonds is 5. The number of aliphatic hydroxyl groups excluding tert-OH is 1. The Kier molecular flexibility index (Phi) is 4.92. The Balaban J connectivity index is 2.82. The number of unbranched alkanes of at least 4 members (excludes halogenated alkanes) is 1. The van der Waals surface area contributed by atoms with Crippen LogP contribution in [0.25, 0.3) is 0 Å². The van der Waals surface area contributed by atoms with Crippen molar-refractivity contribution in [1.82, 2.24) is 0 Å². The molecule has 1 N–H and O–H groups in total. The first-order chi connectivity index (χ1) is 7.19. The Morgan fingerprint density at radius 3 is 2.80 bits per heavy atom. The minimum absolute atomic E-state index is 0.461. The van der Waals surface area contributed by atoms with Crippen molar-refractivity contribution in [3.8, 4) is 5.75 Å². The summed E-state index contributed by atoms with van der Waals surface area (Å²) >= 11 is 5.84. The monoisotopic (exact) mass is 228 g/mol. The van der Waals surface area contributed by atoms with E-state index in [2.05, 4.69) is 6.92 Å². The van der Waals surface area contributed by atoms with Crippen molar-refractivity contribution in [3.63, 3.8) is 0 Å². The summed E-state index contributed by atoms with van der Waals surface area (Å²) in [7, 11) is 1.59. The molecule has 0 saturated carbocycles. The third-order valence-electron chi connectivity index (χ3n) is 2.39. The van der Waals surface area contributed by atoms with Gasteiger partial charge in [0.15, 0.2) is 0 Å². The van der Waals surface area contributed by atoms with Crippen LogP contribution >= 0.6 is 11.6 Å². The molecule has 1 rings (SSSR count). The van der Waals surface area contributed by atoms with E-state index in [1.165, 1.54) is 0 Å². The molecule has 0 bridgehead atoms. The molecule has 0 amide bonds. The molecule has 0 fully saturated rings. The van der Waals surface area contributed by atoms with Crippen LogP contribution in [0.2, 0.25) is 5.02 Å². The summed E-state index contributed by atoms with van der Waals surface area (Å²) in [6.07, 6.45) is 2.38. The molecule has 0 saturated heterocycles. The fraction of sp³-hybridized carbons (Fsp3) is 0.500. The largest absolute Gasteiger partial charge is 0.496 e. The zero-order valence-corrected chi connectivity index (χ0v) is 9.92. The zero-order chi connectivity index (χ0) is 11.3. The second kappa shape index (κ2) is 5.99. The highest BCUT2D eigenvalue weighted by Crippen LogP contribution is 2.30. The van der Waals surface area contributed by atoms with Crippen LogP contribution in [0.1, 0.15) is 37.9 Å². The summed E-state index contributed by atoms with van der Waals surface area (Å²) in [6, 6.07) is 5.32.